The number of piperidine rings is 1. The molecule has 7 heteroatoms. The normalized spacial score (nSPS) is 19.5. The first-order valence-corrected chi connectivity index (χ1v) is 9.05. The van der Waals surface area contributed by atoms with E-state index in [0.29, 0.717) is 11.6 Å². The zero-order chi connectivity index (χ0) is 16.9. The van der Waals surface area contributed by atoms with E-state index in [9.17, 15) is 4.79 Å². The van der Waals surface area contributed by atoms with Crippen LogP contribution in [0.15, 0.2) is 0 Å². The van der Waals surface area contributed by atoms with Crippen molar-refractivity contribution in [1.29, 1.82) is 0 Å². The third-order valence-corrected chi connectivity index (χ3v) is 5.14. The van der Waals surface area contributed by atoms with Crippen molar-refractivity contribution in [3.63, 3.8) is 0 Å². The number of rotatable bonds is 6. The number of H-pyrrole nitrogens is 1. The largest absolute Gasteiger partial charge is 0.350 e. The number of nitrogens with zero attached hydrogens (tertiary/aromatic N) is 3. The molecule has 7 nitrogen and oxygen atoms in total. The molecular weight excluding hydrogens is 304 g/mol. The number of aromatic nitrogens is 2. The van der Waals surface area contributed by atoms with E-state index >= 15 is 0 Å². The van der Waals surface area contributed by atoms with Gasteiger partial charge >= 0.3 is 0 Å². The van der Waals surface area contributed by atoms with Crippen molar-refractivity contribution in [3.05, 3.63) is 17.0 Å². The lowest BCUT2D eigenvalue weighted by Crippen LogP contribution is -2.41. The molecule has 0 unspecified atom stereocenters. The summed E-state index contributed by atoms with van der Waals surface area (Å²) in [4.78, 5) is 17.2. The molecule has 1 fully saturated rings. The number of hydrogen-bond acceptors (Lipinski definition) is 5. The van der Waals surface area contributed by atoms with Gasteiger partial charge < -0.3 is 20.4 Å². The Hall–Kier alpha value is -1.44. The molecule has 1 saturated heterocycles. The second-order valence-electron chi connectivity index (χ2n) is 7.25. The molecule has 3 heterocycles. The first-order chi connectivity index (χ1) is 11.6. The second-order valence-corrected chi connectivity index (χ2v) is 7.25. The third-order valence-electron chi connectivity index (χ3n) is 5.14. The van der Waals surface area contributed by atoms with Crippen LogP contribution in [0.5, 0.6) is 0 Å². The Bertz CT molecular complexity index is 547. The first kappa shape index (κ1) is 17.4. The molecule has 0 bridgehead atoms. The van der Waals surface area contributed by atoms with Crippen molar-refractivity contribution in [3.8, 4) is 0 Å². The zero-order valence-corrected chi connectivity index (χ0v) is 14.9. The molecule has 2 aliphatic rings. The van der Waals surface area contributed by atoms with Crippen LogP contribution in [-0.4, -0.2) is 79.3 Å². The van der Waals surface area contributed by atoms with E-state index in [0.717, 1.165) is 76.3 Å². The van der Waals surface area contributed by atoms with Gasteiger partial charge in [0, 0.05) is 50.4 Å². The number of fused-ring (bicyclic) bond motifs is 1. The van der Waals surface area contributed by atoms with Crippen molar-refractivity contribution < 1.29 is 4.79 Å². The highest BCUT2D eigenvalue weighted by Gasteiger charge is 2.23. The summed E-state index contributed by atoms with van der Waals surface area (Å²) < 4.78 is 0. The number of amides is 1. The fourth-order valence-electron chi connectivity index (χ4n) is 3.49. The maximum absolute atomic E-state index is 12.4. The number of likely N-dealkylation sites (N-methyl/N-ethyl adjacent to an activating group) is 1. The number of likely N-dealkylation sites (tertiary alicyclic amines) is 1. The minimum atomic E-state index is -0.0359. The summed E-state index contributed by atoms with van der Waals surface area (Å²) in [6.07, 6.45) is 3.24. The Kier molecular flexibility index (Phi) is 5.86. The average Bonchev–Trinajstić information content (AvgIpc) is 3.03. The summed E-state index contributed by atoms with van der Waals surface area (Å²) >= 11 is 0. The number of hydrogen-bond donors (Lipinski definition) is 3. The number of aromatic amines is 1. The Balaban J connectivity index is 1.42. The summed E-state index contributed by atoms with van der Waals surface area (Å²) in [7, 11) is 4.23. The zero-order valence-electron chi connectivity index (χ0n) is 14.9. The minimum absolute atomic E-state index is 0.0359. The van der Waals surface area contributed by atoms with Crippen LogP contribution >= 0.6 is 0 Å². The number of carbonyl (C=O) groups is 1. The summed E-state index contributed by atoms with van der Waals surface area (Å²) in [5.41, 5.74) is 2.71. The van der Waals surface area contributed by atoms with Gasteiger partial charge in [-0.2, -0.15) is 5.10 Å². The van der Waals surface area contributed by atoms with Crippen LogP contribution in [0.25, 0.3) is 0 Å². The van der Waals surface area contributed by atoms with Crippen molar-refractivity contribution in [1.82, 2.24) is 30.6 Å². The molecule has 1 aromatic rings. The van der Waals surface area contributed by atoms with E-state index < -0.39 is 0 Å². The van der Waals surface area contributed by atoms with Crippen molar-refractivity contribution in [2.24, 2.45) is 5.92 Å². The van der Waals surface area contributed by atoms with Gasteiger partial charge in [0.15, 0.2) is 5.69 Å². The lowest BCUT2D eigenvalue weighted by molar-refractivity contribution is 0.0929. The summed E-state index contributed by atoms with van der Waals surface area (Å²) in [6, 6.07) is 0. The topological polar surface area (TPSA) is 76.3 Å². The SMILES string of the molecule is CN(C)CCN1CCC(CNC(=O)c2n[nH]c3c2CNCC3)CC1. The molecule has 0 aromatic carbocycles. The Labute approximate surface area is 144 Å². The molecule has 1 aromatic heterocycles. The van der Waals surface area contributed by atoms with E-state index in [1.54, 1.807) is 0 Å². The predicted molar refractivity (Wildman–Crippen MR) is 94.0 cm³/mol. The van der Waals surface area contributed by atoms with Crippen LogP contribution in [0.2, 0.25) is 0 Å². The van der Waals surface area contributed by atoms with Crippen LogP contribution in [0.1, 0.15) is 34.6 Å². The van der Waals surface area contributed by atoms with Gasteiger partial charge in [-0.05, 0) is 45.9 Å². The highest BCUT2D eigenvalue weighted by Crippen LogP contribution is 2.18. The maximum atomic E-state index is 12.4. The van der Waals surface area contributed by atoms with E-state index in [1.165, 1.54) is 0 Å². The first-order valence-electron chi connectivity index (χ1n) is 9.05. The predicted octanol–water partition coefficient (Wildman–Crippen LogP) is 0.0588. The van der Waals surface area contributed by atoms with Gasteiger partial charge in [0.1, 0.15) is 0 Å². The van der Waals surface area contributed by atoms with Gasteiger partial charge in [0.2, 0.25) is 0 Å². The Morgan fingerprint density at radius 2 is 2.17 bits per heavy atom. The molecule has 24 heavy (non-hydrogen) atoms. The fraction of sp³-hybridized carbons (Fsp3) is 0.765. The molecule has 0 atom stereocenters. The molecule has 0 saturated carbocycles. The second kappa shape index (κ2) is 8.09. The van der Waals surface area contributed by atoms with Crippen LogP contribution < -0.4 is 10.6 Å². The van der Waals surface area contributed by atoms with Gasteiger partial charge in [-0.25, -0.2) is 0 Å². The van der Waals surface area contributed by atoms with Gasteiger partial charge in [-0.3, -0.25) is 9.89 Å². The van der Waals surface area contributed by atoms with E-state index in [4.69, 9.17) is 0 Å². The van der Waals surface area contributed by atoms with Crippen molar-refractivity contribution in [2.45, 2.75) is 25.8 Å². The van der Waals surface area contributed by atoms with Crippen LogP contribution in [-0.2, 0) is 13.0 Å². The van der Waals surface area contributed by atoms with Gasteiger partial charge in [-0.1, -0.05) is 0 Å². The van der Waals surface area contributed by atoms with Gasteiger partial charge in [0.25, 0.3) is 5.91 Å². The fourth-order valence-corrected chi connectivity index (χ4v) is 3.49. The summed E-state index contributed by atoms with van der Waals surface area (Å²) in [6.45, 7) is 6.96. The van der Waals surface area contributed by atoms with Crippen molar-refractivity contribution in [2.75, 3.05) is 53.4 Å². The molecule has 0 spiro atoms. The standard InChI is InChI=1S/C17H30N6O/c1-22(2)9-10-23-7-4-13(5-8-23)11-19-17(24)16-14-12-18-6-3-15(14)20-21-16/h13,18H,3-12H2,1-2H3,(H,19,24)(H,20,21). The molecule has 3 N–H and O–H groups in total. The molecule has 134 valence electrons. The van der Waals surface area contributed by atoms with Crippen molar-refractivity contribution >= 4 is 5.91 Å². The minimum Gasteiger partial charge on any atom is -0.350 e. The Morgan fingerprint density at radius 3 is 2.92 bits per heavy atom. The summed E-state index contributed by atoms with van der Waals surface area (Å²) in [5.74, 6) is 0.545. The molecular formula is C17H30N6O. The highest BCUT2D eigenvalue weighted by molar-refractivity contribution is 5.94. The number of nitrogens with one attached hydrogen (secondary N) is 3. The lowest BCUT2D eigenvalue weighted by atomic mass is 9.96. The molecule has 3 rings (SSSR count). The quantitative estimate of drug-likeness (QED) is 0.686. The molecule has 0 radical (unpaired) electrons. The molecule has 2 aliphatic heterocycles. The van der Waals surface area contributed by atoms with Gasteiger partial charge in [-0.15, -0.1) is 0 Å². The summed E-state index contributed by atoms with van der Waals surface area (Å²) in [5, 5.41) is 13.6. The smallest absolute Gasteiger partial charge is 0.272 e. The lowest BCUT2D eigenvalue weighted by Gasteiger charge is -2.32. The van der Waals surface area contributed by atoms with E-state index in [2.05, 4.69) is 44.7 Å². The monoisotopic (exact) mass is 334 g/mol. The maximum Gasteiger partial charge on any atom is 0.272 e. The van der Waals surface area contributed by atoms with Crippen LogP contribution in [0.4, 0.5) is 0 Å². The van der Waals surface area contributed by atoms with Gasteiger partial charge in [0.05, 0.1) is 0 Å². The third kappa shape index (κ3) is 4.34. The van der Waals surface area contributed by atoms with E-state index in [-0.39, 0.29) is 5.91 Å². The molecule has 0 aliphatic carbocycles. The van der Waals surface area contributed by atoms with Crippen LogP contribution in [0.3, 0.4) is 0 Å². The molecule has 1 amide bonds. The Morgan fingerprint density at radius 1 is 1.38 bits per heavy atom. The van der Waals surface area contributed by atoms with E-state index in [1.807, 2.05) is 0 Å². The highest BCUT2D eigenvalue weighted by atomic mass is 16.1. The van der Waals surface area contributed by atoms with Crippen LogP contribution in [0, 0.1) is 5.92 Å². The number of carbonyl (C=O) groups excluding carboxylic acids is 1. The average molecular weight is 334 g/mol.